The second kappa shape index (κ2) is 4.07. The van der Waals surface area contributed by atoms with E-state index in [1.807, 2.05) is 19.1 Å². The molecule has 1 aromatic rings. The fraction of sp³-hybridized carbons (Fsp3) is 0.500. The third-order valence-electron chi connectivity index (χ3n) is 2.09. The number of hydrogen-bond acceptors (Lipinski definition) is 2. The van der Waals surface area contributed by atoms with Crippen molar-refractivity contribution in [3.8, 4) is 0 Å². The zero-order valence-corrected chi connectivity index (χ0v) is 8.97. The van der Waals surface area contributed by atoms with Crippen LogP contribution in [0.15, 0.2) is 12.1 Å². The number of rotatable bonds is 2. The minimum absolute atomic E-state index is 0.0272. The van der Waals surface area contributed by atoms with Crippen molar-refractivity contribution in [1.29, 1.82) is 0 Å². The summed E-state index contributed by atoms with van der Waals surface area (Å²) in [4.78, 5) is 4.16. The van der Waals surface area contributed by atoms with Gasteiger partial charge in [-0.25, -0.2) is 4.98 Å². The Morgan fingerprint density at radius 1 is 1.38 bits per heavy atom. The molecule has 0 saturated carbocycles. The summed E-state index contributed by atoms with van der Waals surface area (Å²) in [6.45, 7) is 6.05. The van der Waals surface area contributed by atoms with E-state index in [-0.39, 0.29) is 6.04 Å². The van der Waals surface area contributed by atoms with Gasteiger partial charge in [0.2, 0.25) is 0 Å². The van der Waals surface area contributed by atoms with Crippen LogP contribution in [0.1, 0.15) is 31.1 Å². The maximum absolute atomic E-state index is 5.98. The summed E-state index contributed by atoms with van der Waals surface area (Å²) in [7, 11) is 0. The zero-order chi connectivity index (χ0) is 10.0. The minimum atomic E-state index is -0.0272. The molecule has 1 unspecified atom stereocenters. The van der Waals surface area contributed by atoms with Crippen molar-refractivity contribution in [1.82, 2.24) is 4.98 Å². The number of pyridine rings is 1. The van der Waals surface area contributed by atoms with Gasteiger partial charge >= 0.3 is 0 Å². The summed E-state index contributed by atoms with van der Waals surface area (Å²) in [6.07, 6.45) is 0. The van der Waals surface area contributed by atoms with E-state index in [1.165, 1.54) is 0 Å². The van der Waals surface area contributed by atoms with Crippen molar-refractivity contribution in [2.45, 2.75) is 26.8 Å². The Morgan fingerprint density at radius 2 is 2.00 bits per heavy atom. The molecule has 0 bridgehead atoms. The molecule has 2 nitrogen and oxygen atoms in total. The van der Waals surface area contributed by atoms with E-state index >= 15 is 0 Å². The molecule has 0 aliphatic rings. The van der Waals surface area contributed by atoms with E-state index in [4.69, 9.17) is 17.3 Å². The normalized spacial score (nSPS) is 13.4. The molecule has 1 heterocycles. The summed E-state index contributed by atoms with van der Waals surface area (Å²) in [5.74, 6) is 0.377. The Balaban J connectivity index is 3.01. The maximum atomic E-state index is 5.98. The van der Waals surface area contributed by atoms with E-state index in [9.17, 15) is 0 Å². The average Bonchev–Trinajstić information content (AvgIpc) is 2.03. The summed E-state index contributed by atoms with van der Waals surface area (Å²) in [5.41, 5.74) is 7.82. The van der Waals surface area contributed by atoms with Gasteiger partial charge in [0.15, 0.2) is 0 Å². The van der Waals surface area contributed by atoms with Crippen molar-refractivity contribution in [2.75, 3.05) is 0 Å². The summed E-state index contributed by atoms with van der Waals surface area (Å²) >= 11 is 5.98. The predicted molar refractivity (Wildman–Crippen MR) is 55.8 cm³/mol. The SMILES string of the molecule is Cc1ccc(C(N)C(C)C)c(Cl)n1. The zero-order valence-electron chi connectivity index (χ0n) is 8.21. The second-order valence-electron chi connectivity index (χ2n) is 3.60. The highest BCUT2D eigenvalue weighted by atomic mass is 35.5. The van der Waals surface area contributed by atoms with Gasteiger partial charge in [-0.2, -0.15) is 0 Å². The highest BCUT2D eigenvalue weighted by Crippen LogP contribution is 2.24. The van der Waals surface area contributed by atoms with Crippen molar-refractivity contribution >= 4 is 11.6 Å². The molecule has 0 aliphatic heterocycles. The Hall–Kier alpha value is -0.600. The molecule has 13 heavy (non-hydrogen) atoms. The second-order valence-corrected chi connectivity index (χ2v) is 3.96. The predicted octanol–water partition coefficient (Wildman–Crippen LogP) is 2.70. The van der Waals surface area contributed by atoms with Gasteiger partial charge in [-0.1, -0.05) is 31.5 Å². The van der Waals surface area contributed by atoms with Gasteiger partial charge in [-0.3, -0.25) is 0 Å². The first-order valence-corrected chi connectivity index (χ1v) is 4.78. The molecular formula is C10H15ClN2. The van der Waals surface area contributed by atoms with Crippen molar-refractivity contribution in [3.05, 3.63) is 28.5 Å². The number of halogens is 1. The fourth-order valence-corrected chi connectivity index (χ4v) is 1.47. The first-order valence-electron chi connectivity index (χ1n) is 4.41. The van der Waals surface area contributed by atoms with Crippen LogP contribution in [0.3, 0.4) is 0 Å². The van der Waals surface area contributed by atoms with Crippen LogP contribution < -0.4 is 5.73 Å². The lowest BCUT2D eigenvalue weighted by molar-refractivity contribution is 0.513. The van der Waals surface area contributed by atoms with Crippen LogP contribution in [-0.4, -0.2) is 4.98 Å². The Kier molecular flexibility index (Phi) is 3.28. The molecule has 1 atom stereocenters. The molecule has 0 amide bonds. The topological polar surface area (TPSA) is 38.9 Å². The van der Waals surface area contributed by atoms with Crippen molar-refractivity contribution in [3.63, 3.8) is 0 Å². The van der Waals surface area contributed by atoms with Gasteiger partial charge in [0.05, 0.1) is 0 Å². The summed E-state index contributed by atoms with van der Waals surface area (Å²) in [6, 6.07) is 3.86. The molecular weight excluding hydrogens is 184 g/mol. The molecule has 3 heteroatoms. The van der Waals surface area contributed by atoms with Crippen LogP contribution in [0, 0.1) is 12.8 Å². The van der Waals surface area contributed by atoms with Crippen LogP contribution >= 0.6 is 11.6 Å². The first kappa shape index (κ1) is 10.5. The summed E-state index contributed by atoms with van der Waals surface area (Å²) < 4.78 is 0. The standard InChI is InChI=1S/C10H15ClN2/c1-6(2)9(12)8-5-4-7(3)13-10(8)11/h4-6,9H,12H2,1-3H3. The average molecular weight is 199 g/mol. The molecule has 0 radical (unpaired) electrons. The number of nitrogens with two attached hydrogens (primary N) is 1. The molecule has 2 N–H and O–H groups in total. The van der Waals surface area contributed by atoms with E-state index in [0.717, 1.165) is 11.3 Å². The molecule has 1 aromatic heterocycles. The van der Waals surface area contributed by atoms with E-state index in [2.05, 4.69) is 18.8 Å². The number of aromatic nitrogens is 1. The monoisotopic (exact) mass is 198 g/mol. The largest absolute Gasteiger partial charge is 0.324 e. The van der Waals surface area contributed by atoms with Gasteiger partial charge in [0.1, 0.15) is 5.15 Å². The lowest BCUT2D eigenvalue weighted by atomic mass is 9.98. The Bertz CT molecular complexity index is 297. The van der Waals surface area contributed by atoms with Crippen molar-refractivity contribution < 1.29 is 0 Å². The van der Waals surface area contributed by atoms with Crippen LogP contribution in [0.5, 0.6) is 0 Å². The lowest BCUT2D eigenvalue weighted by Crippen LogP contribution is -2.17. The minimum Gasteiger partial charge on any atom is -0.324 e. The fourth-order valence-electron chi connectivity index (χ4n) is 1.14. The van der Waals surface area contributed by atoms with Gasteiger partial charge in [0.25, 0.3) is 0 Å². The Labute approximate surface area is 84.1 Å². The van der Waals surface area contributed by atoms with Gasteiger partial charge in [0, 0.05) is 17.3 Å². The first-order chi connectivity index (χ1) is 6.02. The smallest absolute Gasteiger partial charge is 0.134 e. The molecule has 1 rings (SSSR count). The van der Waals surface area contributed by atoms with Crippen LogP contribution in [0.25, 0.3) is 0 Å². The van der Waals surface area contributed by atoms with Crippen LogP contribution in [0.4, 0.5) is 0 Å². The van der Waals surface area contributed by atoms with E-state index < -0.39 is 0 Å². The van der Waals surface area contributed by atoms with Gasteiger partial charge in [-0.15, -0.1) is 0 Å². The molecule has 72 valence electrons. The Morgan fingerprint density at radius 3 is 2.46 bits per heavy atom. The van der Waals surface area contributed by atoms with Gasteiger partial charge in [-0.05, 0) is 18.9 Å². The molecule has 0 aromatic carbocycles. The maximum Gasteiger partial charge on any atom is 0.134 e. The third kappa shape index (κ3) is 2.42. The van der Waals surface area contributed by atoms with Gasteiger partial charge < -0.3 is 5.73 Å². The highest BCUT2D eigenvalue weighted by molar-refractivity contribution is 6.30. The molecule has 0 spiro atoms. The summed E-state index contributed by atoms with van der Waals surface area (Å²) in [5, 5.41) is 0.529. The van der Waals surface area contributed by atoms with Crippen LogP contribution in [0.2, 0.25) is 5.15 Å². The quantitative estimate of drug-likeness (QED) is 0.743. The lowest BCUT2D eigenvalue weighted by Gasteiger charge is -2.16. The third-order valence-corrected chi connectivity index (χ3v) is 2.40. The van der Waals surface area contributed by atoms with Crippen LogP contribution in [-0.2, 0) is 0 Å². The molecule has 0 fully saturated rings. The number of hydrogen-bond donors (Lipinski definition) is 1. The van der Waals surface area contributed by atoms with Crippen molar-refractivity contribution in [2.24, 2.45) is 11.7 Å². The molecule has 0 saturated heterocycles. The van der Waals surface area contributed by atoms with E-state index in [1.54, 1.807) is 0 Å². The highest BCUT2D eigenvalue weighted by Gasteiger charge is 2.14. The number of nitrogens with zero attached hydrogens (tertiary/aromatic N) is 1. The van der Waals surface area contributed by atoms with E-state index in [0.29, 0.717) is 11.1 Å². The molecule has 0 aliphatic carbocycles. The number of aryl methyl sites for hydroxylation is 1.